The predicted octanol–water partition coefficient (Wildman–Crippen LogP) is 6.12. The van der Waals surface area contributed by atoms with E-state index in [4.69, 9.17) is 9.47 Å². The van der Waals surface area contributed by atoms with Crippen LogP contribution in [-0.2, 0) is 16.1 Å². The molecule has 3 unspecified atom stereocenters. The van der Waals surface area contributed by atoms with Gasteiger partial charge in [-0.05, 0) is 41.2 Å². The minimum Gasteiger partial charge on any atom is -0.489 e. The molecule has 4 rings (SSSR count). The van der Waals surface area contributed by atoms with Crippen molar-refractivity contribution < 1.29 is 19.1 Å². The summed E-state index contributed by atoms with van der Waals surface area (Å²) in [6, 6.07) is 27.1. The smallest absolute Gasteiger partial charge is 0.417 e. The van der Waals surface area contributed by atoms with E-state index in [2.05, 4.69) is 6.92 Å². The molecule has 1 aliphatic heterocycles. The highest BCUT2D eigenvalue weighted by Crippen LogP contribution is 2.35. The zero-order valence-corrected chi connectivity index (χ0v) is 19.0. The Bertz CT molecular complexity index is 1080. The number of cyclic esters (lactones) is 1. The molecule has 5 heteroatoms. The van der Waals surface area contributed by atoms with Crippen molar-refractivity contribution in [2.75, 3.05) is 6.61 Å². The van der Waals surface area contributed by atoms with E-state index in [0.29, 0.717) is 6.61 Å². The summed E-state index contributed by atoms with van der Waals surface area (Å²) in [5, 5.41) is 0. The van der Waals surface area contributed by atoms with E-state index in [1.54, 1.807) is 0 Å². The lowest BCUT2D eigenvalue weighted by Crippen LogP contribution is -2.39. The molecular weight excluding hydrogens is 414 g/mol. The van der Waals surface area contributed by atoms with Crippen molar-refractivity contribution in [3.63, 3.8) is 0 Å². The SMILES string of the molecule is CCC(c1cccc(OCc2ccccc2)c1)C(C)C(=O)N1C(=O)OCC1c1ccccc1. The summed E-state index contributed by atoms with van der Waals surface area (Å²) in [6.07, 6.45) is 0.184. The van der Waals surface area contributed by atoms with Crippen LogP contribution in [0.2, 0.25) is 0 Å². The molecule has 0 aliphatic carbocycles. The van der Waals surface area contributed by atoms with Crippen LogP contribution < -0.4 is 4.74 Å². The van der Waals surface area contributed by atoms with Crippen molar-refractivity contribution >= 4 is 12.0 Å². The predicted molar refractivity (Wildman–Crippen MR) is 127 cm³/mol. The lowest BCUT2D eigenvalue weighted by Gasteiger charge is -2.28. The van der Waals surface area contributed by atoms with E-state index in [0.717, 1.165) is 28.9 Å². The molecule has 1 fully saturated rings. The Balaban J connectivity index is 1.51. The summed E-state index contributed by atoms with van der Waals surface area (Å²) >= 11 is 0. The monoisotopic (exact) mass is 443 g/mol. The van der Waals surface area contributed by atoms with Gasteiger partial charge in [0.05, 0.1) is 0 Å². The molecule has 1 heterocycles. The maximum absolute atomic E-state index is 13.5. The first-order valence-electron chi connectivity index (χ1n) is 11.4. The Morgan fingerprint density at radius 2 is 1.73 bits per heavy atom. The average Bonchev–Trinajstić information content (AvgIpc) is 3.25. The van der Waals surface area contributed by atoms with Crippen molar-refractivity contribution in [1.29, 1.82) is 0 Å². The molecule has 3 aromatic rings. The number of imide groups is 1. The standard InChI is InChI=1S/C28H29NO4/c1-3-25(23-15-10-16-24(17-23)32-18-21-11-6-4-7-12-21)20(2)27(30)29-26(19-33-28(29)31)22-13-8-5-9-14-22/h4-17,20,25-26H,3,18-19H2,1-2H3. The van der Waals surface area contributed by atoms with E-state index in [9.17, 15) is 9.59 Å². The molecule has 0 saturated carbocycles. The fourth-order valence-electron chi connectivity index (χ4n) is 4.43. The number of rotatable bonds is 8. The number of benzene rings is 3. The molecule has 2 amide bonds. The van der Waals surface area contributed by atoms with Gasteiger partial charge in [-0.2, -0.15) is 0 Å². The summed E-state index contributed by atoms with van der Waals surface area (Å²) in [4.78, 5) is 27.3. The van der Waals surface area contributed by atoms with Crippen LogP contribution in [0.4, 0.5) is 4.79 Å². The summed E-state index contributed by atoms with van der Waals surface area (Å²) in [5.74, 6) is 0.102. The first-order chi connectivity index (χ1) is 16.1. The van der Waals surface area contributed by atoms with E-state index < -0.39 is 18.1 Å². The van der Waals surface area contributed by atoms with Crippen LogP contribution in [0.5, 0.6) is 5.75 Å². The lowest BCUT2D eigenvalue weighted by molar-refractivity contribution is -0.133. The molecule has 5 nitrogen and oxygen atoms in total. The molecule has 170 valence electrons. The normalized spacial score (nSPS) is 17.3. The van der Waals surface area contributed by atoms with Crippen molar-refractivity contribution in [1.82, 2.24) is 4.90 Å². The van der Waals surface area contributed by atoms with Crippen LogP contribution in [0.1, 0.15) is 48.9 Å². The van der Waals surface area contributed by atoms with Gasteiger partial charge in [0.1, 0.15) is 25.0 Å². The summed E-state index contributed by atoms with van der Waals surface area (Å²) < 4.78 is 11.3. The molecule has 0 bridgehead atoms. The van der Waals surface area contributed by atoms with Crippen molar-refractivity contribution in [3.8, 4) is 5.75 Å². The minimum absolute atomic E-state index is 0.0531. The van der Waals surface area contributed by atoms with Gasteiger partial charge in [-0.25, -0.2) is 9.69 Å². The Hall–Kier alpha value is -3.60. The van der Waals surface area contributed by atoms with Gasteiger partial charge >= 0.3 is 6.09 Å². The van der Waals surface area contributed by atoms with Gasteiger partial charge in [-0.15, -0.1) is 0 Å². The van der Waals surface area contributed by atoms with Gasteiger partial charge in [0.2, 0.25) is 5.91 Å². The quantitative estimate of drug-likeness (QED) is 0.421. The van der Waals surface area contributed by atoms with E-state index in [-0.39, 0.29) is 18.4 Å². The van der Waals surface area contributed by atoms with Gasteiger partial charge in [-0.1, -0.05) is 86.6 Å². The Morgan fingerprint density at radius 1 is 1.03 bits per heavy atom. The molecule has 1 aliphatic rings. The number of hydrogen-bond donors (Lipinski definition) is 0. The zero-order valence-electron chi connectivity index (χ0n) is 19.0. The number of ether oxygens (including phenoxy) is 2. The fraction of sp³-hybridized carbons (Fsp3) is 0.286. The Kier molecular flexibility index (Phi) is 7.08. The second kappa shape index (κ2) is 10.3. The highest BCUT2D eigenvalue weighted by Gasteiger charge is 2.42. The molecule has 0 radical (unpaired) electrons. The molecule has 0 N–H and O–H groups in total. The fourth-order valence-corrected chi connectivity index (χ4v) is 4.43. The third-order valence-electron chi connectivity index (χ3n) is 6.26. The Labute approximate surface area is 194 Å². The van der Waals surface area contributed by atoms with Gasteiger partial charge in [0, 0.05) is 5.92 Å². The largest absolute Gasteiger partial charge is 0.489 e. The van der Waals surface area contributed by atoms with E-state index in [1.165, 1.54) is 4.90 Å². The summed E-state index contributed by atoms with van der Waals surface area (Å²) in [7, 11) is 0. The van der Waals surface area contributed by atoms with Gasteiger partial charge < -0.3 is 9.47 Å². The van der Waals surface area contributed by atoms with Crippen LogP contribution in [0.15, 0.2) is 84.9 Å². The number of hydrogen-bond acceptors (Lipinski definition) is 4. The number of amides is 2. The maximum atomic E-state index is 13.5. The molecule has 1 saturated heterocycles. The van der Waals surface area contributed by atoms with Crippen LogP contribution in [0, 0.1) is 5.92 Å². The molecular formula is C28H29NO4. The van der Waals surface area contributed by atoms with Crippen molar-refractivity contribution in [2.24, 2.45) is 5.92 Å². The van der Waals surface area contributed by atoms with Gasteiger partial charge in [-0.3, -0.25) is 4.79 Å². The summed E-state index contributed by atoms with van der Waals surface area (Å²) in [6.45, 7) is 4.61. The van der Waals surface area contributed by atoms with Crippen LogP contribution in [0.25, 0.3) is 0 Å². The molecule has 0 spiro atoms. The van der Waals surface area contributed by atoms with Crippen molar-refractivity contribution in [2.45, 2.75) is 38.8 Å². The lowest BCUT2D eigenvalue weighted by atomic mass is 9.84. The second-order valence-corrected chi connectivity index (χ2v) is 8.36. The van der Waals surface area contributed by atoms with E-state index in [1.807, 2.05) is 91.9 Å². The third kappa shape index (κ3) is 5.08. The topological polar surface area (TPSA) is 55.8 Å². The van der Waals surface area contributed by atoms with Gasteiger partial charge in [0.15, 0.2) is 0 Å². The highest BCUT2D eigenvalue weighted by molar-refractivity contribution is 5.95. The molecule has 3 aromatic carbocycles. The second-order valence-electron chi connectivity index (χ2n) is 8.36. The maximum Gasteiger partial charge on any atom is 0.417 e. The molecule has 3 atom stereocenters. The van der Waals surface area contributed by atoms with Crippen molar-refractivity contribution in [3.05, 3.63) is 102 Å². The minimum atomic E-state index is -0.574. The van der Waals surface area contributed by atoms with Crippen LogP contribution in [-0.4, -0.2) is 23.5 Å². The number of nitrogens with zero attached hydrogens (tertiary/aromatic N) is 1. The van der Waals surface area contributed by atoms with Gasteiger partial charge in [0.25, 0.3) is 0 Å². The molecule has 33 heavy (non-hydrogen) atoms. The Morgan fingerprint density at radius 3 is 2.42 bits per heavy atom. The third-order valence-corrected chi connectivity index (χ3v) is 6.26. The molecule has 0 aromatic heterocycles. The van der Waals surface area contributed by atoms with Crippen LogP contribution in [0.3, 0.4) is 0 Å². The highest BCUT2D eigenvalue weighted by atomic mass is 16.6. The average molecular weight is 444 g/mol. The zero-order chi connectivity index (χ0) is 23.2. The van der Waals surface area contributed by atoms with E-state index >= 15 is 0 Å². The number of carbonyl (C=O) groups is 2. The number of carbonyl (C=O) groups excluding carboxylic acids is 2. The summed E-state index contributed by atoms with van der Waals surface area (Å²) in [5.41, 5.74) is 3.01. The van der Waals surface area contributed by atoms with Crippen LogP contribution >= 0.6 is 0 Å². The first-order valence-corrected chi connectivity index (χ1v) is 11.4. The first kappa shape index (κ1) is 22.6.